The lowest BCUT2D eigenvalue weighted by molar-refractivity contribution is -0.141. The summed E-state index contributed by atoms with van der Waals surface area (Å²) >= 11 is 0. The summed E-state index contributed by atoms with van der Waals surface area (Å²) in [5.41, 5.74) is -0.892. The Morgan fingerprint density at radius 1 is 1.37 bits per heavy atom. The number of para-hydroxylation sites is 1. The summed E-state index contributed by atoms with van der Waals surface area (Å²) in [6, 6.07) is 4.73. The van der Waals surface area contributed by atoms with Gasteiger partial charge in [0.15, 0.2) is 0 Å². The van der Waals surface area contributed by atoms with Crippen LogP contribution >= 0.6 is 0 Å². The lowest BCUT2D eigenvalue weighted by Gasteiger charge is -2.21. The van der Waals surface area contributed by atoms with Crippen LogP contribution < -0.4 is 5.32 Å². The number of carbonyl (C=O) groups excluding carboxylic acids is 1. The Balaban J connectivity index is 2.71. The molecule has 0 fully saturated rings. The Kier molecular flexibility index (Phi) is 4.50. The van der Waals surface area contributed by atoms with Crippen LogP contribution in [-0.2, 0) is 4.79 Å². The number of phenols is 1. The normalized spacial score (nSPS) is 13.6. The number of aromatic hydroxyl groups is 1. The third-order valence-corrected chi connectivity index (χ3v) is 2.64. The van der Waals surface area contributed by atoms with Crippen molar-refractivity contribution in [2.24, 2.45) is 0 Å². The summed E-state index contributed by atoms with van der Waals surface area (Å²) in [6.07, 6.45) is -0.479. The van der Waals surface area contributed by atoms with Crippen molar-refractivity contribution >= 4 is 11.9 Å². The van der Waals surface area contributed by atoms with Gasteiger partial charge in [0.2, 0.25) is 0 Å². The zero-order valence-electron chi connectivity index (χ0n) is 10.8. The maximum absolute atomic E-state index is 11.8. The van der Waals surface area contributed by atoms with Gasteiger partial charge in [0.25, 0.3) is 5.91 Å². The molecule has 1 aromatic carbocycles. The average molecular weight is 267 g/mol. The first-order valence-corrected chi connectivity index (χ1v) is 5.74. The molecule has 0 aliphatic rings. The molecule has 0 aromatic heterocycles. The number of rotatable bonds is 5. The summed E-state index contributed by atoms with van der Waals surface area (Å²) in [7, 11) is 0. The molecule has 1 rings (SSSR count). The van der Waals surface area contributed by atoms with E-state index in [4.69, 9.17) is 5.11 Å². The topological polar surface area (TPSA) is 107 Å². The third kappa shape index (κ3) is 4.26. The minimum absolute atomic E-state index is 0.0890. The third-order valence-electron chi connectivity index (χ3n) is 2.64. The number of aliphatic hydroxyl groups is 1. The van der Waals surface area contributed by atoms with Crippen LogP contribution in [0.15, 0.2) is 18.2 Å². The number of aliphatic carboxylic acids is 1. The van der Waals surface area contributed by atoms with E-state index >= 15 is 0 Å². The number of phenolic OH excluding ortho intramolecular Hbond substituents is 1. The van der Waals surface area contributed by atoms with Gasteiger partial charge in [0, 0.05) is 6.54 Å². The fourth-order valence-electron chi connectivity index (χ4n) is 1.60. The molecular formula is C13H17NO5. The van der Waals surface area contributed by atoms with Gasteiger partial charge in [-0.15, -0.1) is 0 Å². The van der Waals surface area contributed by atoms with Gasteiger partial charge in [-0.3, -0.25) is 9.59 Å². The van der Waals surface area contributed by atoms with Crippen LogP contribution in [-0.4, -0.2) is 39.3 Å². The Labute approximate surface area is 110 Å². The Morgan fingerprint density at radius 3 is 2.58 bits per heavy atom. The minimum atomic E-state index is -1.54. The molecule has 0 radical (unpaired) electrons. The lowest BCUT2D eigenvalue weighted by Crippen LogP contribution is -2.42. The molecular weight excluding hydrogens is 250 g/mol. The Morgan fingerprint density at radius 2 is 2.00 bits per heavy atom. The van der Waals surface area contributed by atoms with Crippen molar-refractivity contribution in [2.75, 3.05) is 6.54 Å². The molecule has 1 atom stereocenters. The van der Waals surface area contributed by atoms with Crippen LogP contribution in [0.5, 0.6) is 5.75 Å². The number of amides is 1. The highest BCUT2D eigenvalue weighted by Gasteiger charge is 2.25. The fraction of sp³-hybridized carbons (Fsp3) is 0.385. The van der Waals surface area contributed by atoms with Crippen molar-refractivity contribution in [1.29, 1.82) is 0 Å². The van der Waals surface area contributed by atoms with Crippen LogP contribution in [0.25, 0.3) is 0 Å². The number of hydrogen-bond acceptors (Lipinski definition) is 4. The molecule has 0 heterocycles. The minimum Gasteiger partial charge on any atom is -0.507 e. The maximum atomic E-state index is 11.8. The van der Waals surface area contributed by atoms with Crippen LogP contribution in [0.4, 0.5) is 0 Å². The van der Waals surface area contributed by atoms with Gasteiger partial charge < -0.3 is 20.6 Å². The molecule has 0 spiro atoms. The first-order chi connectivity index (χ1) is 8.73. The van der Waals surface area contributed by atoms with Crippen molar-refractivity contribution < 1.29 is 24.9 Å². The van der Waals surface area contributed by atoms with E-state index in [1.54, 1.807) is 19.1 Å². The smallest absolute Gasteiger partial charge is 0.306 e. The van der Waals surface area contributed by atoms with Gasteiger partial charge in [0.1, 0.15) is 5.75 Å². The molecule has 4 N–H and O–H groups in total. The molecule has 0 aliphatic carbocycles. The molecule has 0 saturated carbocycles. The predicted molar refractivity (Wildman–Crippen MR) is 68.1 cm³/mol. The van der Waals surface area contributed by atoms with Crippen molar-refractivity contribution in [3.8, 4) is 5.75 Å². The zero-order valence-corrected chi connectivity index (χ0v) is 10.8. The SMILES string of the molecule is Cc1cccc(C(=O)NCC(C)(O)CC(=O)O)c1O. The molecule has 6 heteroatoms. The van der Waals surface area contributed by atoms with Gasteiger partial charge in [-0.25, -0.2) is 0 Å². The Bertz CT molecular complexity index is 496. The summed E-state index contributed by atoms with van der Waals surface area (Å²) in [6.45, 7) is 2.76. The van der Waals surface area contributed by atoms with Crippen LogP contribution in [0, 0.1) is 6.92 Å². The predicted octanol–water partition coefficient (Wildman–Crippen LogP) is 0.656. The molecule has 6 nitrogen and oxygen atoms in total. The molecule has 19 heavy (non-hydrogen) atoms. The van der Waals surface area contributed by atoms with E-state index in [-0.39, 0.29) is 17.9 Å². The fourth-order valence-corrected chi connectivity index (χ4v) is 1.60. The molecule has 104 valence electrons. The van der Waals surface area contributed by atoms with Crippen molar-refractivity contribution in [1.82, 2.24) is 5.32 Å². The highest BCUT2D eigenvalue weighted by molar-refractivity contribution is 5.97. The van der Waals surface area contributed by atoms with Gasteiger partial charge in [-0.05, 0) is 25.5 Å². The number of hydrogen-bond donors (Lipinski definition) is 4. The van der Waals surface area contributed by atoms with Gasteiger partial charge in [0.05, 0.1) is 17.6 Å². The second-order valence-electron chi connectivity index (χ2n) is 4.72. The summed E-state index contributed by atoms with van der Waals surface area (Å²) in [5.74, 6) is -1.85. The molecule has 0 bridgehead atoms. The van der Waals surface area contributed by atoms with E-state index in [9.17, 15) is 19.8 Å². The number of carbonyl (C=O) groups is 2. The summed E-state index contributed by atoms with van der Waals surface area (Å²) in [5, 5.41) is 30.5. The first kappa shape index (κ1) is 15.0. The number of benzene rings is 1. The second-order valence-corrected chi connectivity index (χ2v) is 4.72. The molecule has 1 aromatic rings. The van der Waals surface area contributed by atoms with Crippen LogP contribution in [0.2, 0.25) is 0 Å². The van der Waals surface area contributed by atoms with Gasteiger partial charge >= 0.3 is 5.97 Å². The number of aryl methyl sites for hydroxylation is 1. The number of carboxylic acid groups (broad SMARTS) is 1. The Hall–Kier alpha value is -2.08. The molecule has 1 amide bonds. The summed E-state index contributed by atoms with van der Waals surface area (Å²) in [4.78, 5) is 22.3. The van der Waals surface area contributed by atoms with Crippen molar-refractivity contribution in [3.63, 3.8) is 0 Å². The average Bonchev–Trinajstić information content (AvgIpc) is 2.28. The molecule has 0 saturated heterocycles. The number of nitrogens with one attached hydrogen (secondary N) is 1. The van der Waals surface area contributed by atoms with E-state index < -0.39 is 23.9 Å². The zero-order chi connectivity index (χ0) is 14.6. The van der Waals surface area contributed by atoms with Gasteiger partial charge in [-0.1, -0.05) is 12.1 Å². The highest BCUT2D eigenvalue weighted by Crippen LogP contribution is 2.21. The lowest BCUT2D eigenvalue weighted by atomic mass is 10.0. The van der Waals surface area contributed by atoms with E-state index in [1.165, 1.54) is 13.0 Å². The van der Waals surface area contributed by atoms with E-state index in [0.717, 1.165) is 0 Å². The van der Waals surface area contributed by atoms with Crippen molar-refractivity contribution in [3.05, 3.63) is 29.3 Å². The maximum Gasteiger partial charge on any atom is 0.306 e. The van der Waals surface area contributed by atoms with E-state index in [0.29, 0.717) is 5.56 Å². The molecule has 1 unspecified atom stereocenters. The summed E-state index contributed by atoms with van der Waals surface area (Å²) < 4.78 is 0. The van der Waals surface area contributed by atoms with Crippen molar-refractivity contribution in [2.45, 2.75) is 25.9 Å². The van der Waals surface area contributed by atoms with Crippen LogP contribution in [0.1, 0.15) is 29.3 Å². The van der Waals surface area contributed by atoms with E-state index in [2.05, 4.69) is 5.32 Å². The quantitative estimate of drug-likeness (QED) is 0.627. The van der Waals surface area contributed by atoms with Crippen LogP contribution in [0.3, 0.4) is 0 Å². The first-order valence-electron chi connectivity index (χ1n) is 5.74. The largest absolute Gasteiger partial charge is 0.507 e. The van der Waals surface area contributed by atoms with Gasteiger partial charge in [-0.2, -0.15) is 0 Å². The highest BCUT2D eigenvalue weighted by atomic mass is 16.4. The number of carboxylic acids is 1. The van der Waals surface area contributed by atoms with E-state index in [1.807, 2.05) is 0 Å². The molecule has 0 aliphatic heterocycles. The standard InChI is InChI=1S/C13H17NO5/c1-8-4-3-5-9(11(8)17)12(18)14-7-13(2,19)6-10(15)16/h3-5,17,19H,6-7H2,1-2H3,(H,14,18)(H,15,16). The monoisotopic (exact) mass is 267 g/mol. The second kappa shape index (κ2) is 5.71.